The van der Waals surface area contributed by atoms with Crippen LogP contribution >= 0.6 is 0 Å². The fraction of sp³-hybridized carbons (Fsp3) is 0.500. The average molecular weight is 341 g/mol. The summed E-state index contributed by atoms with van der Waals surface area (Å²) in [6.07, 6.45) is -0.995. The van der Waals surface area contributed by atoms with Crippen molar-refractivity contribution in [3.8, 4) is 11.4 Å². The number of benzene rings is 1. The molecule has 1 aliphatic carbocycles. The van der Waals surface area contributed by atoms with E-state index in [9.17, 15) is 18.3 Å². The number of rotatable bonds is 6. The summed E-state index contributed by atoms with van der Waals surface area (Å²) in [5.41, 5.74) is -0.265. The van der Waals surface area contributed by atoms with Gasteiger partial charge in [0.2, 0.25) is 11.7 Å². The molecule has 0 spiro atoms. The fourth-order valence-electron chi connectivity index (χ4n) is 2.69. The smallest absolute Gasteiger partial charge is 0.395 e. The lowest BCUT2D eigenvalue weighted by Crippen LogP contribution is -2.41. The van der Waals surface area contributed by atoms with Crippen LogP contribution in [0.15, 0.2) is 28.8 Å². The lowest BCUT2D eigenvalue weighted by molar-refractivity contribution is -0.137. The number of aliphatic hydroxyl groups excluding tert-OH is 1. The van der Waals surface area contributed by atoms with Gasteiger partial charge in [0.05, 0.1) is 18.7 Å². The molecular formula is C16H18F3N3O2. The molecule has 1 saturated carbocycles. The van der Waals surface area contributed by atoms with Gasteiger partial charge in [0.1, 0.15) is 0 Å². The number of alkyl halides is 3. The van der Waals surface area contributed by atoms with Crippen LogP contribution < -0.4 is 5.32 Å². The predicted molar refractivity (Wildman–Crippen MR) is 79.8 cm³/mol. The Kier molecular flexibility index (Phi) is 4.86. The van der Waals surface area contributed by atoms with Crippen molar-refractivity contribution in [2.75, 3.05) is 6.61 Å². The Morgan fingerprint density at radius 2 is 1.96 bits per heavy atom. The van der Waals surface area contributed by atoms with Gasteiger partial charge in [-0.2, -0.15) is 18.2 Å². The highest BCUT2D eigenvalue weighted by Crippen LogP contribution is 2.31. The van der Waals surface area contributed by atoms with E-state index in [0.29, 0.717) is 23.9 Å². The molecule has 2 N–H and O–H groups in total. The quantitative estimate of drug-likeness (QED) is 0.845. The van der Waals surface area contributed by atoms with Gasteiger partial charge in [-0.15, -0.1) is 0 Å². The van der Waals surface area contributed by atoms with Gasteiger partial charge in [0.15, 0.2) is 0 Å². The van der Waals surface area contributed by atoms with Crippen LogP contribution in [0.3, 0.4) is 0 Å². The molecule has 2 aromatic rings. The Balaban J connectivity index is 1.62. The lowest BCUT2D eigenvalue weighted by atomic mass is 9.80. The van der Waals surface area contributed by atoms with E-state index >= 15 is 0 Å². The van der Waals surface area contributed by atoms with Gasteiger partial charge in [-0.25, -0.2) is 0 Å². The van der Waals surface area contributed by atoms with Crippen molar-refractivity contribution in [2.45, 2.75) is 38.0 Å². The summed E-state index contributed by atoms with van der Waals surface area (Å²) < 4.78 is 42.8. The zero-order valence-electron chi connectivity index (χ0n) is 12.9. The second kappa shape index (κ2) is 6.90. The Bertz CT molecular complexity index is 666. The molecule has 1 unspecified atom stereocenters. The average Bonchev–Trinajstić information content (AvgIpc) is 2.97. The summed E-state index contributed by atoms with van der Waals surface area (Å²) in [6, 6.07) is 4.61. The molecule has 5 nitrogen and oxygen atoms in total. The van der Waals surface area contributed by atoms with E-state index in [0.717, 1.165) is 25.0 Å². The van der Waals surface area contributed by atoms with Crippen molar-refractivity contribution < 1.29 is 22.8 Å². The summed E-state index contributed by atoms with van der Waals surface area (Å²) in [4.78, 5) is 4.18. The van der Waals surface area contributed by atoms with Gasteiger partial charge in [-0.3, -0.25) is 0 Å². The molecule has 1 aromatic heterocycles. The molecule has 1 fully saturated rings. The number of aromatic nitrogens is 2. The molecule has 3 rings (SSSR count). The van der Waals surface area contributed by atoms with Gasteiger partial charge >= 0.3 is 6.18 Å². The van der Waals surface area contributed by atoms with Crippen LogP contribution in [0.25, 0.3) is 11.4 Å². The highest BCUT2D eigenvalue weighted by Gasteiger charge is 2.30. The minimum absolute atomic E-state index is 0.000157. The van der Waals surface area contributed by atoms with E-state index in [-0.39, 0.29) is 18.5 Å². The molecule has 130 valence electrons. The minimum atomic E-state index is -4.37. The van der Waals surface area contributed by atoms with E-state index in [2.05, 4.69) is 15.5 Å². The third-order valence-electron chi connectivity index (χ3n) is 4.37. The van der Waals surface area contributed by atoms with Crippen molar-refractivity contribution in [3.63, 3.8) is 0 Å². The van der Waals surface area contributed by atoms with Gasteiger partial charge in [0.25, 0.3) is 0 Å². The van der Waals surface area contributed by atoms with Crippen LogP contribution in [-0.4, -0.2) is 27.9 Å². The number of hydrogen-bond acceptors (Lipinski definition) is 5. The maximum absolute atomic E-state index is 12.6. The largest absolute Gasteiger partial charge is 0.416 e. The zero-order valence-corrected chi connectivity index (χ0v) is 12.9. The molecule has 0 amide bonds. The van der Waals surface area contributed by atoms with E-state index in [1.165, 1.54) is 18.6 Å². The minimum Gasteiger partial charge on any atom is -0.395 e. The van der Waals surface area contributed by atoms with E-state index < -0.39 is 11.7 Å². The van der Waals surface area contributed by atoms with Crippen molar-refractivity contribution >= 4 is 0 Å². The Morgan fingerprint density at radius 1 is 1.25 bits per heavy atom. The molecule has 24 heavy (non-hydrogen) atoms. The maximum atomic E-state index is 12.6. The van der Waals surface area contributed by atoms with E-state index in [1.54, 1.807) is 0 Å². The molecular weight excluding hydrogens is 323 g/mol. The molecule has 1 heterocycles. The van der Waals surface area contributed by atoms with Crippen molar-refractivity contribution in [1.82, 2.24) is 15.5 Å². The van der Waals surface area contributed by atoms with Crippen LogP contribution in [0.4, 0.5) is 13.2 Å². The number of halogens is 3. The van der Waals surface area contributed by atoms with E-state index in [1.807, 2.05) is 0 Å². The predicted octanol–water partition coefficient (Wildman–Crippen LogP) is 3.01. The van der Waals surface area contributed by atoms with E-state index in [4.69, 9.17) is 4.52 Å². The summed E-state index contributed by atoms with van der Waals surface area (Å²) in [6.45, 7) is 0.361. The first-order valence-electron chi connectivity index (χ1n) is 7.82. The summed E-state index contributed by atoms with van der Waals surface area (Å²) >= 11 is 0. The standard InChI is InChI=1S/C16H18F3N3O2/c17-16(18,19)12-6-4-11(5-7-12)15-21-14(24-22-15)8-20-13(9-23)10-2-1-3-10/h4-7,10,13,20,23H,1-3,8-9H2. The zero-order chi connectivity index (χ0) is 17.2. The maximum Gasteiger partial charge on any atom is 0.416 e. The summed E-state index contributed by atoms with van der Waals surface area (Å²) in [7, 11) is 0. The SMILES string of the molecule is OCC(NCc1nc(-c2ccc(C(F)(F)F)cc2)no1)C1CCC1. The second-order valence-corrected chi connectivity index (χ2v) is 5.95. The monoisotopic (exact) mass is 341 g/mol. The van der Waals surface area contributed by atoms with Crippen LogP contribution in [0.2, 0.25) is 0 Å². The van der Waals surface area contributed by atoms with Gasteiger partial charge in [-0.05, 0) is 30.9 Å². The Labute approximate surface area is 136 Å². The van der Waals surface area contributed by atoms with Crippen LogP contribution in [0.1, 0.15) is 30.7 Å². The summed E-state index contributed by atoms with van der Waals surface area (Å²) in [5.74, 6) is 1.04. The first-order chi connectivity index (χ1) is 11.5. The molecule has 1 aliphatic rings. The molecule has 0 bridgehead atoms. The van der Waals surface area contributed by atoms with Gasteiger partial charge in [0, 0.05) is 11.6 Å². The molecule has 1 atom stereocenters. The van der Waals surface area contributed by atoms with Crippen molar-refractivity contribution in [1.29, 1.82) is 0 Å². The topological polar surface area (TPSA) is 71.2 Å². The summed E-state index contributed by atoms with van der Waals surface area (Å²) in [5, 5.41) is 16.4. The first-order valence-corrected chi connectivity index (χ1v) is 7.82. The Hall–Kier alpha value is -1.93. The second-order valence-electron chi connectivity index (χ2n) is 5.95. The molecule has 1 aromatic carbocycles. The fourth-order valence-corrected chi connectivity index (χ4v) is 2.69. The van der Waals surface area contributed by atoms with Crippen molar-refractivity contribution in [3.05, 3.63) is 35.7 Å². The van der Waals surface area contributed by atoms with Crippen LogP contribution in [-0.2, 0) is 12.7 Å². The third kappa shape index (κ3) is 3.76. The first kappa shape index (κ1) is 16.9. The van der Waals surface area contributed by atoms with Gasteiger partial charge < -0.3 is 14.9 Å². The molecule has 8 heteroatoms. The van der Waals surface area contributed by atoms with Crippen molar-refractivity contribution in [2.24, 2.45) is 5.92 Å². The number of hydrogen-bond donors (Lipinski definition) is 2. The van der Waals surface area contributed by atoms with Crippen LogP contribution in [0.5, 0.6) is 0 Å². The third-order valence-corrected chi connectivity index (χ3v) is 4.37. The molecule has 0 saturated heterocycles. The molecule has 0 aliphatic heterocycles. The lowest BCUT2D eigenvalue weighted by Gasteiger charge is -2.32. The highest BCUT2D eigenvalue weighted by atomic mass is 19.4. The Morgan fingerprint density at radius 3 is 2.50 bits per heavy atom. The normalized spacial score (nSPS) is 16.8. The highest BCUT2D eigenvalue weighted by molar-refractivity contribution is 5.54. The van der Waals surface area contributed by atoms with Crippen LogP contribution in [0, 0.1) is 5.92 Å². The van der Waals surface area contributed by atoms with Gasteiger partial charge in [-0.1, -0.05) is 23.7 Å². The number of aliphatic hydroxyl groups is 1. The number of nitrogens with zero attached hydrogens (tertiary/aromatic N) is 2. The number of nitrogens with one attached hydrogen (secondary N) is 1. The molecule has 0 radical (unpaired) electrons.